The molecule has 0 atom stereocenters. The molecule has 3 heterocycles. The normalized spacial score (nSPS) is 14.4. The predicted octanol–water partition coefficient (Wildman–Crippen LogP) is 4.99. The minimum Gasteiger partial charge on any atom is -0.437 e. The van der Waals surface area contributed by atoms with Gasteiger partial charge in [0.2, 0.25) is 27.8 Å². The number of sulfonamides is 1. The molecule has 2 N–H and O–H groups in total. The predicted molar refractivity (Wildman–Crippen MR) is 163 cm³/mol. The molecule has 0 radical (unpaired) electrons. The maximum absolute atomic E-state index is 12.0. The van der Waals surface area contributed by atoms with Crippen LogP contribution in [-0.4, -0.2) is 66.2 Å². The van der Waals surface area contributed by atoms with Gasteiger partial charge in [0.05, 0.1) is 5.52 Å². The van der Waals surface area contributed by atoms with E-state index in [1.807, 2.05) is 23.6 Å². The lowest BCUT2D eigenvalue weighted by molar-refractivity contribution is -0.111. The zero-order valence-corrected chi connectivity index (χ0v) is 24.0. The topological polar surface area (TPSA) is 117 Å². The highest BCUT2D eigenvalue weighted by Gasteiger charge is 2.24. The second-order valence-electron chi connectivity index (χ2n) is 9.33. The second-order valence-corrected chi connectivity index (χ2v) is 12.1. The third kappa shape index (κ3) is 7.16. The molecule has 0 saturated carbocycles. The Morgan fingerprint density at radius 2 is 1.80 bits per heavy atom. The van der Waals surface area contributed by atoms with Crippen LogP contribution in [0, 0.1) is 0 Å². The van der Waals surface area contributed by atoms with Gasteiger partial charge in [-0.1, -0.05) is 31.4 Å². The van der Waals surface area contributed by atoms with Gasteiger partial charge in [-0.25, -0.2) is 13.4 Å². The summed E-state index contributed by atoms with van der Waals surface area (Å²) in [5.41, 5.74) is 3.37. The van der Waals surface area contributed by atoms with E-state index >= 15 is 0 Å². The Morgan fingerprint density at radius 3 is 2.54 bits per heavy atom. The Kier molecular flexibility index (Phi) is 8.74. The largest absolute Gasteiger partial charge is 0.437 e. The van der Waals surface area contributed by atoms with Gasteiger partial charge in [-0.2, -0.15) is 9.29 Å². The van der Waals surface area contributed by atoms with Crippen molar-refractivity contribution < 1.29 is 17.9 Å². The van der Waals surface area contributed by atoms with Crippen LogP contribution in [0.1, 0.15) is 5.56 Å². The summed E-state index contributed by atoms with van der Waals surface area (Å²) in [7, 11) is -3.35. The summed E-state index contributed by atoms with van der Waals surface area (Å²) >= 11 is 1.49. The van der Waals surface area contributed by atoms with E-state index in [4.69, 9.17) is 4.74 Å². The number of anilines is 3. The molecule has 1 aliphatic rings. The van der Waals surface area contributed by atoms with Crippen LogP contribution in [0.5, 0.6) is 11.6 Å². The number of hydrogen-bond acceptors (Lipinski definition) is 9. The summed E-state index contributed by atoms with van der Waals surface area (Å²) in [6.45, 7) is 10.1. The van der Waals surface area contributed by atoms with E-state index in [0.29, 0.717) is 49.4 Å². The zero-order valence-electron chi connectivity index (χ0n) is 22.3. The number of fused-ring (bicyclic) bond motifs is 1. The molecule has 4 aromatic rings. The number of carbonyl (C=O) groups excluding carboxylic acids is 1. The molecule has 1 saturated heterocycles. The molecule has 10 nitrogen and oxygen atoms in total. The number of carbonyl (C=O) groups is 1. The average molecular weight is 591 g/mol. The van der Waals surface area contributed by atoms with Crippen LogP contribution >= 0.6 is 11.3 Å². The fourth-order valence-corrected chi connectivity index (χ4v) is 6.03. The van der Waals surface area contributed by atoms with E-state index in [1.54, 1.807) is 24.3 Å². The number of amides is 1. The molecule has 1 aliphatic heterocycles. The number of nitrogens with zero attached hydrogens (tertiary/aromatic N) is 4. The van der Waals surface area contributed by atoms with Crippen molar-refractivity contribution >= 4 is 54.8 Å². The Bertz CT molecular complexity index is 1660. The SMILES string of the molecule is C=CC(=O)Nc1cccc(Oc2nc(Nc3ccc(CCN4CCN(S(=O)(=O)C=C)CC4)cc3)nc3ccsc23)c1. The minimum absolute atomic E-state index is 0.304. The van der Waals surface area contributed by atoms with Crippen molar-refractivity contribution in [2.45, 2.75) is 6.42 Å². The lowest BCUT2D eigenvalue weighted by Gasteiger charge is -2.33. The van der Waals surface area contributed by atoms with Crippen LogP contribution in [0.15, 0.2) is 84.6 Å². The maximum Gasteiger partial charge on any atom is 0.247 e. The van der Waals surface area contributed by atoms with Crippen LogP contribution in [0.2, 0.25) is 0 Å². The van der Waals surface area contributed by atoms with Crippen molar-refractivity contribution in [3.05, 3.63) is 90.2 Å². The fraction of sp³-hybridized carbons (Fsp3) is 0.207. The smallest absolute Gasteiger partial charge is 0.247 e. The molecule has 0 spiro atoms. The van der Waals surface area contributed by atoms with Crippen LogP contribution in [0.4, 0.5) is 17.3 Å². The molecule has 0 unspecified atom stereocenters. The Morgan fingerprint density at radius 1 is 1.02 bits per heavy atom. The number of rotatable bonds is 11. The fourth-order valence-electron chi connectivity index (χ4n) is 4.39. The van der Waals surface area contributed by atoms with E-state index in [0.717, 1.165) is 34.3 Å². The number of ether oxygens (including phenoxy) is 1. The van der Waals surface area contributed by atoms with Gasteiger partial charge in [-0.15, -0.1) is 11.3 Å². The number of benzene rings is 2. The molecule has 2 aromatic carbocycles. The van der Waals surface area contributed by atoms with E-state index in [9.17, 15) is 13.2 Å². The zero-order chi connectivity index (χ0) is 28.8. The average Bonchev–Trinajstić information content (AvgIpc) is 3.46. The minimum atomic E-state index is -3.35. The van der Waals surface area contributed by atoms with E-state index in [-0.39, 0.29) is 5.91 Å². The highest BCUT2D eigenvalue weighted by molar-refractivity contribution is 7.92. The highest BCUT2D eigenvalue weighted by atomic mass is 32.2. The Balaban J connectivity index is 1.21. The molecule has 2 aromatic heterocycles. The molecule has 12 heteroatoms. The summed E-state index contributed by atoms with van der Waals surface area (Å²) in [4.78, 5) is 23.2. The van der Waals surface area contributed by atoms with Gasteiger partial charge in [0.25, 0.3) is 0 Å². The number of nitrogens with one attached hydrogen (secondary N) is 2. The van der Waals surface area contributed by atoms with Crippen molar-refractivity contribution in [2.75, 3.05) is 43.4 Å². The highest BCUT2D eigenvalue weighted by Crippen LogP contribution is 2.33. The van der Waals surface area contributed by atoms with Crippen molar-refractivity contribution in [1.29, 1.82) is 0 Å². The molecule has 5 rings (SSSR count). The van der Waals surface area contributed by atoms with Crippen molar-refractivity contribution in [2.24, 2.45) is 0 Å². The summed E-state index contributed by atoms with van der Waals surface area (Å²) in [6, 6.07) is 17.1. The maximum atomic E-state index is 12.0. The third-order valence-corrected chi connectivity index (χ3v) is 9.00. The first-order chi connectivity index (χ1) is 19.8. The number of aromatic nitrogens is 2. The lowest BCUT2D eigenvalue weighted by atomic mass is 10.1. The first kappa shape index (κ1) is 28.4. The van der Waals surface area contributed by atoms with Gasteiger partial charge in [-0.05, 0) is 53.8 Å². The van der Waals surface area contributed by atoms with Gasteiger partial charge >= 0.3 is 0 Å². The van der Waals surface area contributed by atoms with Crippen LogP contribution in [-0.2, 0) is 21.2 Å². The first-order valence-electron chi connectivity index (χ1n) is 13.0. The number of thiophene rings is 1. The Labute approximate surface area is 243 Å². The lowest BCUT2D eigenvalue weighted by Crippen LogP contribution is -2.48. The first-order valence-corrected chi connectivity index (χ1v) is 15.4. The third-order valence-electron chi connectivity index (χ3n) is 6.60. The van der Waals surface area contributed by atoms with E-state index < -0.39 is 10.0 Å². The van der Waals surface area contributed by atoms with Gasteiger partial charge in [0.15, 0.2) is 0 Å². The van der Waals surface area contributed by atoms with Crippen LogP contribution in [0.25, 0.3) is 10.2 Å². The second kappa shape index (κ2) is 12.6. The summed E-state index contributed by atoms with van der Waals surface area (Å²) < 4.78 is 32.3. The molecule has 0 aliphatic carbocycles. The quantitative estimate of drug-likeness (QED) is 0.235. The summed E-state index contributed by atoms with van der Waals surface area (Å²) in [6.07, 6.45) is 2.07. The van der Waals surface area contributed by atoms with Crippen molar-refractivity contribution in [3.63, 3.8) is 0 Å². The molecule has 1 fully saturated rings. The van der Waals surface area contributed by atoms with E-state index in [1.165, 1.54) is 27.3 Å². The Hall–Kier alpha value is -4.10. The van der Waals surface area contributed by atoms with Gasteiger partial charge in [0, 0.05) is 55.6 Å². The van der Waals surface area contributed by atoms with Gasteiger partial charge in [0.1, 0.15) is 10.4 Å². The molecule has 212 valence electrons. The number of hydrogen-bond donors (Lipinski definition) is 2. The molecule has 41 heavy (non-hydrogen) atoms. The summed E-state index contributed by atoms with van der Waals surface area (Å²) in [5.74, 6) is 1.04. The van der Waals surface area contributed by atoms with Crippen molar-refractivity contribution in [3.8, 4) is 11.6 Å². The van der Waals surface area contributed by atoms with E-state index in [2.05, 4.69) is 50.8 Å². The van der Waals surface area contributed by atoms with Crippen LogP contribution in [0.3, 0.4) is 0 Å². The molecule has 0 bridgehead atoms. The number of piperazine rings is 1. The van der Waals surface area contributed by atoms with Crippen LogP contribution < -0.4 is 15.4 Å². The van der Waals surface area contributed by atoms with Gasteiger partial charge < -0.3 is 20.3 Å². The molecular formula is C29H30N6O4S2. The van der Waals surface area contributed by atoms with Gasteiger partial charge in [-0.3, -0.25) is 4.79 Å². The molecular weight excluding hydrogens is 560 g/mol. The standard InChI is InChI=1S/C29H30N6O4S2/c1-3-26(36)30-23-6-5-7-24(20-23)39-28-27-25(13-19-40-27)32-29(33-28)31-22-10-8-21(9-11-22)12-14-34-15-17-35(18-16-34)41(37,38)4-2/h3-11,13,19-20H,1-2,12,14-18H2,(H,30,36)(H,31,32,33). The molecule has 1 amide bonds. The monoisotopic (exact) mass is 590 g/mol. The summed E-state index contributed by atoms with van der Waals surface area (Å²) in [5, 5.41) is 8.94. The van der Waals surface area contributed by atoms with Crippen molar-refractivity contribution in [1.82, 2.24) is 19.2 Å².